The number of likely N-dealkylation sites (tertiary alicyclic amines) is 1. The van der Waals surface area contributed by atoms with Crippen molar-refractivity contribution in [1.82, 2.24) is 39.8 Å². The lowest BCUT2D eigenvalue weighted by molar-refractivity contribution is 0.182. The largest absolute Gasteiger partial charge is 0.491 e. The summed E-state index contributed by atoms with van der Waals surface area (Å²) in [6.07, 6.45) is 18.4. The Hall–Kier alpha value is -5.27. The Morgan fingerprint density at radius 1 is 0.712 bits per heavy atom. The second-order valence-electron chi connectivity index (χ2n) is 13.1. The van der Waals surface area contributed by atoms with E-state index in [1.165, 1.54) is 0 Å². The van der Waals surface area contributed by atoms with Crippen LogP contribution in [0.5, 0.6) is 11.5 Å². The number of ether oxygens (including phenoxy) is 2. The van der Waals surface area contributed by atoms with Crippen molar-refractivity contribution < 1.29 is 13.9 Å². The first-order chi connectivity index (χ1) is 25.6. The van der Waals surface area contributed by atoms with E-state index in [-0.39, 0.29) is 23.6 Å². The third kappa shape index (κ3) is 8.43. The van der Waals surface area contributed by atoms with Gasteiger partial charge < -0.3 is 14.4 Å². The van der Waals surface area contributed by atoms with Crippen molar-refractivity contribution in [3.8, 4) is 33.8 Å². The van der Waals surface area contributed by atoms with Gasteiger partial charge in [-0.05, 0) is 69.4 Å². The molecule has 2 fully saturated rings. The van der Waals surface area contributed by atoms with Crippen LogP contribution in [0, 0.1) is 5.82 Å². The number of pyridine rings is 2. The standard InChI is InChI=1S/C39H45FN10O2/c1-3-51-35-19-28(20-36(37(35)40)52-4-2)27-48-15-9-33(10-16-48)50(39-45-25-32(26-46-39)30-8-6-14-42-22-30)34-11-17-49(18-12-34)47-38-43-23-31(24-44-38)29-7-5-13-41-21-29/h5-8,13-14,19-26,33-34H,3-4,9-12,15-18,27H2,1-2H3,(H,43,44,47). The summed E-state index contributed by atoms with van der Waals surface area (Å²) in [5, 5.41) is 2.19. The summed E-state index contributed by atoms with van der Waals surface area (Å²) in [5.74, 6) is 1.38. The molecule has 52 heavy (non-hydrogen) atoms. The normalized spacial score (nSPS) is 16.1. The minimum Gasteiger partial charge on any atom is -0.491 e. The number of halogens is 1. The molecule has 0 bridgehead atoms. The van der Waals surface area contributed by atoms with E-state index in [0.29, 0.717) is 25.7 Å². The number of nitrogens with zero attached hydrogens (tertiary/aromatic N) is 9. The van der Waals surface area contributed by atoms with Crippen molar-refractivity contribution in [2.45, 2.75) is 58.2 Å². The first-order valence-electron chi connectivity index (χ1n) is 18.1. The molecule has 0 radical (unpaired) electrons. The van der Waals surface area contributed by atoms with Gasteiger partial charge in [-0.15, -0.1) is 0 Å². The van der Waals surface area contributed by atoms with Crippen LogP contribution in [-0.4, -0.2) is 91.3 Å². The Morgan fingerprint density at radius 3 is 1.73 bits per heavy atom. The lowest BCUT2D eigenvalue weighted by atomic mass is 9.96. The molecule has 1 aromatic carbocycles. The van der Waals surface area contributed by atoms with Crippen molar-refractivity contribution in [2.24, 2.45) is 0 Å². The molecule has 2 aliphatic rings. The summed E-state index contributed by atoms with van der Waals surface area (Å²) in [6.45, 7) is 8.64. The second-order valence-corrected chi connectivity index (χ2v) is 13.1. The Kier molecular flexibility index (Phi) is 11.4. The van der Waals surface area contributed by atoms with E-state index in [9.17, 15) is 4.39 Å². The van der Waals surface area contributed by atoms with Crippen LogP contribution in [0.3, 0.4) is 0 Å². The highest BCUT2D eigenvalue weighted by molar-refractivity contribution is 5.61. The molecule has 13 heteroatoms. The fourth-order valence-corrected chi connectivity index (χ4v) is 7.08. The molecule has 2 saturated heterocycles. The number of hydrogen-bond donors (Lipinski definition) is 1. The van der Waals surface area contributed by atoms with E-state index in [0.717, 1.165) is 85.6 Å². The van der Waals surface area contributed by atoms with Crippen LogP contribution in [0.4, 0.5) is 16.3 Å². The van der Waals surface area contributed by atoms with Gasteiger partial charge in [0, 0.05) is 117 Å². The number of nitrogens with one attached hydrogen (secondary N) is 1. The van der Waals surface area contributed by atoms with Crippen molar-refractivity contribution in [1.29, 1.82) is 0 Å². The molecule has 1 N–H and O–H groups in total. The number of benzene rings is 1. The third-order valence-corrected chi connectivity index (χ3v) is 9.65. The average molecular weight is 705 g/mol. The fourth-order valence-electron chi connectivity index (χ4n) is 7.08. The number of rotatable bonds is 13. The maximum Gasteiger partial charge on any atom is 0.237 e. The van der Waals surface area contributed by atoms with Gasteiger partial charge >= 0.3 is 0 Å². The SMILES string of the molecule is CCOc1cc(CN2CCC(N(c3ncc(-c4cccnc4)cn3)C3CCN(Nc4ncc(-c5cccnc5)cn4)CC3)CC2)cc(OCC)c1F. The summed E-state index contributed by atoms with van der Waals surface area (Å²) in [6, 6.07) is 12.0. The van der Waals surface area contributed by atoms with Gasteiger partial charge in [0.05, 0.1) is 13.2 Å². The van der Waals surface area contributed by atoms with Crippen LogP contribution in [-0.2, 0) is 6.54 Å². The van der Waals surface area contributed by atoms with Gasteiger partial charge in [0.15, 0.2) is 11.5 Å². The van der Waals surface area contributed by atoms with Crippen LogP contribution in [0.2, 0.25) is 0 Å². The molecule has 0 spiro atoms. The summed E-state index contributed by atoms with van der Waals surface area (Å²) in [7, 11) is 0. The van der Waals surface area contributed by atoms with E-state index in [4.69, 9.17) is 19.4 Å². The van der Waals surface area contributed by atoms with Gasteiger partial charge in [-0.3, -0.25) is 20.3 Å². The quantitative estimate of drug-likeness (QED) is 0.149. The van der Waals surface area contributed by atoms with Gasteiger partial charge in [0.25, 0.3) is 0 Å². The summed E-state index contributed by atoms with van der Waals surface area (Å²) in [4.78, 5) is 32.3. The zero-order valence-electron chi connectivity index (χ0n) is 29.7. The summed E-state index contributed by atoms with van der Waals surface area (Å²) < 4.78 is 26.1. The van der Waals surface area contributed by atoms with E-state index >= 15 is 0 Å². The van der Waals surface area contributed by atoms with Crippen LogP contribution < -0.4 is 19.8 Å². The highest BCUT2D eigenvalue weighted by atomic mass is 19.1. The minimum atomic E-state index is -0.441. The van der Waals surface area contributed by atoms with Gasteiger partial charge in [0.2, 0.25) is 17.7 Å². The monoisotopic (exact) mass is 704 g/mol. The summed E-state index contributed by atoms with van der Waals surface area (Å²) in [5.41, 5.74) is 8.24. The number of aromatic nitrogens is 6. The van der Waals surface area contributed by atoms with Crippen LogP contribution in [0.25, 0.3) is 22.3 Å². The molecule has 2 aliphatic heterocycles. The second kappa shape index (κ2) is 16.8. The molecule has 7 rings (SSSR count). The topological polar surface area (TPSA) is 118 Å². The molecular formula is C39H45FN10O2. The van der Waals surface area contributed by atoms with E-state index in [1.54, 1.807) is 24.5 Å². The van der Waals surface area contributed by atoms with Crippen LogP contribution in [0.15, 0.2) is 86.0 Å². The molecule has 6 heterocycles. The van der Waals surface area contributed by atoms with Gasteiger partial charge in [-0.1, -0.05) is 12.1 Å². The highest BCUT2D eigenvalue weighted by Gasteiger charge is 2.34. The summed E-state index contributed by atoms with van der Waals surface area (Å²) >= 11 is 0. The molecule has 12 nitrogen and oxygen atoms in total. The number of anilines is 2. The van der Waals surface area contributed by atoms with Crippen LogP contribution >= 0.6 is 0 Å². The van der Waals surface area contributed by atoms with Gasteiger partial charge in [-0.2, -0.15) is 4.39 Å². The lowest BCUT2D eigenvalue weighted by Crippen LogP contribution is -2.53. The van der Waals surface area contributed by atoms with Crippen molar-refractivity contribution in [3.63, 3.8) is 0 Å². The van der Waals surface area contributed by atoms with E-state index < -0.39 is 5.82 Å². The van der Waals surface area contributed by atoms with E-state index in [2.05, 4.69) is 40.2 Å². The Bertz CT molecular complexity index is 1830. The van der Waals surface area contributed by atoms with Gasteiger partial charge in [0.1, 0.15) is 0 Å². The zero-order valence-corrected chi connectivity index (χ0v) is 29.7. The van der Waals surface area contributed by atoms with Crippen molar-refractivity contribution in [2.75, 3.05) is 49.7 Å². The van der Waals surface area contributed by atoms with Crippen molar-refractivity contribution in [3.05, 3.63) is 97.4 Å². The first kappa shape index (κ1) is 35.1. The molecule has 0 unspecified atom stereocenters. The molecular weight excluding hydrogens is 659 g/mol. The number of hydrogen-bond acceptors (Lipinski definition) is 12. The molecule has 0 saturated carbocycles. The Labute approximate surface area is 304 Å². The van der Waals surface area contributed by atoms with E-state index in [1.807, 2.05) is 75.3 Å². The third-order valence-electron chi connectivity index (χ3n) is 9.65. The molecule has 0 amide bonds. The molecule has 0 aliphatic carbocycles. The van der Waals surface area contributed by atoms with Crippen molar-refractivity contribution >= 4 is 11.9 Å². The Morgan fingerprint density at radius 2 is 1.23 bits per heavy atom. The predicted molar refractivity (Wildman–Crippen MR) is 198 cm³/mol. The van der Waals surface area contributed by atoms with Gasteiger partial charge in [-0.25, -0.2) is 24.9 Å². The molecule has 4 aromatic heterocycles. The number of hydrazine groups is 1. The highest BCUT2D eigenvalue weighted by Crippen LogP contribution is 2.32. The maximum absolute atomic E-state index is 14.9. The molecule has 0 atom stereocenters. The molecule has 270 valence electrons. The zero-order chi connectivity index (χ0) is 35.7. The van der Waals surface area contributed by atoms with Crippen LogP contribution in [0.1, 0.15) is 45.1 Å². The Balaban J connectivity index is 1.03. The lowest BCUT2D eigenvalue weighted by Gasteiger charge is -2.45. The predicted octanol–water partition coefficient (Wildman–Crippen LogP) is 6.29. The first-order valence-corrected chi connectivity index (χ1v) is 18.1. The number of piperidine rings is 2. The maximum atomic E-state index is 14.9. The average Bonchev–Trinajstić information content (AvgIpc) is 3.19. The minimum absolute atomic E-state index is 0.241. The fraction of sp³-hybridized carbons (Fsp3) is 0.385. The molecule has 5 aromatic rings. The smallest absolute Gasteiger partial charge is 0.237 e.